The molecule has 5 nitrogen and oxygen atoms in total. The summed E-state index contributed by atoms with van der Waals surface area (Å²) in [6.45, 7) is 5.90. The summed E-state index contributed by atoms with van der Waals surface area (Å²) in [4.78, 5) is 12.1. The van der Waals surface area contributed by atoms with Crippen molar-refractivity contribution >= 4 is 11.6 Å². The van der Waals surface area contributed by atoms with Gasteiger partial charge in [-0.1, -0.05) is 0 Å². The lowest BCUT2D eigenvalue weighted by Gasteiger charge is -2.23. The van der Waals surface area contributed by atoms with Crippen molar-refractivity contribution < 1.29 is 14.3 Å². The number of hydrogen-bond acceptors (Lipinski definition) is 4. The zero-order valence-corrected chi connectivity index (χ0v) is 11.6. The molecule has 1 amide bonds. The highest BCUT2D eigenvalue weighted by atomic mass is 16.5. The summed E-state index contributed by atoms with van der Waals surface area (Å²) >= 11 is 0. The van der Waals surface area contributed by atoms with Gasteiger partial charge in [-0.25, -0.2) is 0 Å². The molecule has 0 saturated carbocycles. The molecule has 1 aliphatic heterocycles. The van der Waals surface area contributed by atoms with Crippen LogP contribution in [-0.4, -0.2) is 38.8 Å². The van der Waals surface area contributed by atoms with Crippen molar-refractivity contribution in [3.8, 4) is 5.75 Å². The summed E-state index contributed by atoms with van der Waals surface area (Å²) in [6.07, 6.45) is -0.444. The lowest BCUT2D eigenvalue weighted by molar-refractivity contribution is -0.128. The van der Waals surface area contributed by atoms with Crippen LogP contribution in [0.1, 0.15) is 11.1 Å². The molecule has 1 atom stereocenters. The summed E-state index contributed by atoms with van der Waals surface area (Å²) in [7, 11) is 1.60. The summed E-state index contributed by atoms with van der Waals surface area (Å²) in [5.41, 5.74) is 2.92. The van der Waals surface area contributed by atoms with Gasteiger partial charge in [0, 0.05) is 13.1 Å². The molecular weight excluding hydrogens is 244 g/mol. The zero-order chi connectivity index (χ0) is 13.8. The number of nitrogens with one attached hydrogen (secondary N) is 2. The molecule has 19 heavy (non-hydrogen) atoms. The molecule has 1 unspecified atom stereocenters. The quantitative estimate of drug-likeness (QED) is 0.862. The van der Waals surface area contributed by atoms with Gasteiger partial charge in [0.2, 0.25) is 0 Å². The van der Waals surface area contributed by atoms with E-state index in [9.17, 15) is 4.79 Å². The van der Waals surface area contributed by atoms with E-state index in [1.807, 2.05) is 26.0 Å². The average molecular weight is 264 g/mol. The van der Waals surface area contributed by atoms with Crippen molar-refractivity contribution in [1.82, 2.24) is 5.32 Å². The van der Waals surface area contributed by atoms with Crippen LogP contribution in [0.2, 0.25) is 0 Å². The van der Waals surface area contributed by atoms with Gasteiger partial charge in [-0.3, -0.25) is 4.79 Å². The van der Waals surface area contributed by atoms with Gasteiger partial charge in [0.25, 0.3) is 5.91 Å². The Morgan fingerprint density at radius 3 is 2.79 bits per heavy atom. The highest BCUT2D eigenvalue weighted by Gasteiger charge is 2.22. The molecule has 0 aliphatic carbocycles. The number of carbonyl (C=O) groups is 1. The van der Waals surface area contributed by atoms with Crippen LogP contribution in [0.4, 0.5) is 5.69 Å². The van der Waals surface area contributed by atoms with E-state index in [0.29, 0.717) is 24.6 Å². The smallest absolute Gasteiger partial charge is 0.254 e. The fourth-order valence-electron chi connectivity index (χ4n) is 2.00. The fourth-order valence-corrected chi connectivity index (χ4v) is 2.00. The monoisotopic (exact) mass is 264 g/mol. The molecule has 104 valence electrons. The SMILES string of the molecule is COc1cc(C)c(C)cc1NC(=O)C1CNCCO1. The number of carbonyl (C=O) groups excluding carboxylic acids is 1. The third-order valence-corrected chi connectivity index (χ3v) is 3.29. The van der Waals surface area contributed by atoms with Crippen molar-refractivity contribution in [2.75, 3.05) is 32.1 Å². The van der Waals surface area contributed by atoms with Crippen LogP contribution in [0.25, 0.3) is 0 Å². The lowest BCUT2D eigenvalue weighted by Crippen LogP contribution is -2.45. The second kappa shape index (κ2) is 6.04. The molecule has 1 aliphatic rings. The van der Waals surface area contributed by atoms with E-state index in [0.717, 1.165) is 17.7 Å². The van der Waals surface area contributed by atoms with Gasteiger partial charge in [-0.15, -0.1) is 0 Å². The Hall–Kier alpha value is -1.59. The molecule has 0 aromatic heterocycles. The van der Waals surface area contributed by atoms with Crippen molar-refractivity contribution in [3.05, 3.63) is 23.3 Å². The van der Waals surface area contributed by atoms with Crippen molar-refractivity contribution in [1.29, 1.82) is 0 Å². The summed E-state index contributed by atoms with van der Waals surface area (Å²) in [5.74, 6) is 0.522. The molecule has 0 radical (unpaired) electrons. The average Bonchev–Trinajstić information content (AvgIpc) is 2.43. The van der Waals surface area contributed by atoms with Gasteiger partial charge < -0.3 is 20.1 Å². The maximum Gasteiger partial charge on any atom is 0.254 e. The van der Waals surface area contributed by atoms with Crippen LogP contribution < -0.4 is 15.4 Å². The number of ether oxygens (including phenoxy) is 2. The topological polar surface area (TPSA) is 59.6 Å². The molecule has 1 aromatic rings. The Bertz CT molecular complexity index is 468. The van der Waals surface area contributed by atoms with E-state index < -0.39 is 6.10 Å². The first-order chi connectivity index (χ1) is 9.11. The second-order valence-corrected chi connectivity index (χ2v) is 4.69. The zero-order valence-electron chi connectivity index (χ0n) is 11.6. The van der Waals surface area contributed by atoms with Gasteiger partial charge in [-0.2, -0.15) is 0 Å². The molecule has 1 fully saturated rings. The standard InChI is InChI=1S/C14H20N2O3/c1-9-6-11(12(18-3)7-10(9)2)16-14(17)13-8-15-4-5-19-13/h6-7,13,15H,4-5,8H2,1-3H3,(H,16,17). The molecule has 1 saturated heterocycles. The second-order valence-electron chi connectivity index (χ2n) is 4.69. The minimum atomic E-state index is -0.444. The van der Waals surface area contributed by atoms with Crippen LogP contribution in [0.3, 0.4) is 0 Å². The molecule has 0 bridgehead atoms. The normalized spacial score (nSPS) is 19.0. The van der Waals surface area contributed by atoms with Gasteiger partial charge in [0.15, 0.2) is 0 Å². The van der Waals surface area contributed by atoms with Crippen LogP contribution in [0, 0.1) is 13.8 Å². The number of rotatable bonds is 3. The maximum absolute atomic E-state index is 12.1. The van der Waals surface area contributed by atoms with Gasteiger partial charge in [0.1, 0.15) is 11.9 Å². The Morgan fingerprint density at radius 1 is 1.42 bits per heavy atom. The first-order valence-corrected chi connectivity index (χ1v) is 6.40. The minimum Gasteiger partial charge on any atom is -0.495 e. The summed E-state index contributed by atoms with van der Waals surface area (Å²) < 4.78 is 10.7. The molecule has 1 aromatic carbocycles. The van der Waals surface area contributed by atoms with Gasteiger partial charge in [-0.05, 0) is 37.1 Å². The molecule has 1 heterocycles. The first-order valence-electron chi connectivity index (χ1n) is 6.40. The summed E-state index contributed by atoms with van der Waals surface area (Å²) in [5, 5.41) is 6.00. The van der Waals surface area contributed by atoms with Gasteiger partial charge in [0.05, 0.1) is 19.4 Å². The number of amides is 1. The van der Waals surface area contributed by atoms with E-state index in [4.69, 9.17) is 9.47 Å². The fraction of sp³-hybridized carbons (Fsp3) is 0.500. The predicted octanol–water partition coefficient (Wildman–Crippen LogP) is 1.24. The molecule has 0 spiro atoms. The van der Waals surface area contributed by atoms with Crippen molar-refractivity contribution in [2.24, 2.45) is 0 Å². The highest BCUT2D eigenvalue weighted by molar-refractivity contribution is 5.95. The van der Waals surface area contributed by atoms with Crippen LogP contribution in [0.5, 0.6) is 5.75 Å². The number of hydrogen-bond donors (Lipinski definition) is 2. The number of morpholine rings is 1. The van der Waals surface area contributed by atoms with E-state index in [1.54, 1.807) is 7.11 Å². The van der Waals surface area contributed by atoms with E-state index in [1.165, 1.54) is 0 Å². The van der Waals surface area contributed by atoms with Crippen LogP contribution in [0.15, 0.2) is 12.1 Å². The van der Waals surface area contributed by atoms with E-state index >= 15 is 0 Å². The predicted molar refractivity (Wildman–Crippen MR) is 73.7 cm³/mol. The Kier molecular flexibility index (Phi) is 4.39. The first kappa shape index (κ1) is 13.8. The number of benzene rings is 1. The molecular formula is C14H20N2O3. The third kappa shape index (κ3) is 3.24. The minimum absolute atomic E-state index is 0.145. The van der Waals surface area contributed by atoms with E-state index in [-0.39, 0.29) is 5.91 Å². The van der Waals surface area contributed by atoms with Crippen LogP contribution >= 0.6 is 0 Å². The Morgan fingerprint density at radius 2 is 2.16 bits per heavy atom. The molecule has 2 rings (SSSR count). The number of anilines is 1. The highest BCUT2D eigenvalue weighted by Crippen LogP contribution is 2.28. The lowest BCUT2D eigenvalue weighted by atomic mass is 10.1. The largest absolute Gasteiger partial charge is 0.495 e. The van der Waals surface area contributed by atoms with Crippen LogP contribution in [-0.2, 0) is 9.53 Å². The van der Waals surface area contributed by atoms with E-state index in [2.05, 4.69) is 10.6 Å². The van der Waals surface area contributed by atoms with Gasteiger partial charge >= 0.3 is 0 Å². The Labute approximate surface area is 113 Å². The molecule has 5 heteroatoms. The Balaban J connectivity index is 2.13. The number of methoxy groups -OCH3 is 1. The summed E-state index contributed by atoms with van der Waals surface area (Å²) in [6, 6.07) is 3.84. The third-order valence-electron chi connectivity index (χ3n) is 3.29. The van der Waals surface area contributed by atoms with Crippen molar-refractivity contribution in [3.63, 3.8) is 0 Å². The van der Waals surface area contributed by atoms with Crippen molar-refractivity contribution in [2.45, 2.75) is 20.0 Å². The molecule has 2 N–H and O–H groups in total. The number of aryl methyl sites for hydroxylation is 2. The maximum atomic E-state index is 12.1.